The number of hydrogen-bond acceptors (Lipinski definition) is 6. The van der Waals surface area contributed by atoms with E-state index in [1.807, 2.05) is 26.2 Å². The van der Waals surface area contributed by atoms with Crippen LogP contribution in [0.1, 0.15) is 30.9 Å². The fourth-order valence-corrected chi connectivity index (χ4v) is 3.59. The van der Waals surface area contributed by atoms with Crippen molar-refractivity contribution in [1.29, 1.82) is 0 Å². The minimum absolute atomic E-state index is 0.214. The summed E-state index contributed by atoms with van der Waals surface area (Å²) in [5.41, 5.74) is 2.51. The third kappa shape index (κ3) is 4.16. The molecule has 31 heavy (non-hydrogen) atoms. The molecule has 0 radical (unpaired) electrons. The quantitative estimate of drug-likeness (QED) is 0.441. The maximum atomic E-state index is 15.0. The van der Waals surface area contributed by atoms with E-state index in [9.17, 15) is 9.50 Å². The van der Waals surface area contributed by atoms with Gasteiger partial charge >= 0.3 is 0 Å². The zero-order valence-corrected chi connectivity index (χ0v) is 19.1. The first-order valence-corrected chi connectivity index (χ1v) is 13.6. The van der Waals surface area contributed by atoms with Crippen LogP contribution in [0.5, 0.6) is 0 Å². The molecular formula is C20H26FN7O2Si. The summed E-state index contributed by atoms with van der Waals surface area (Å²) in [4.78, 5) is 8.34. The first-order chi connectivity index (χ1) is 14.6. The third-order valence-electron chi connectivity index (χ3n) is 5.40. The van der Waals surface area contributed by atoms with Gasteiger partial charge in [-0.05, 0) is 19.1 Å². The van der Waals surface area contributed by atoms with E-state index in [1.54, 1.807) is 21.5 Å². The monoisotopic (exact) mass is 443 g/mol. The van der Waals surface area contributed by atoms with E-state index in [-0.39, 0.29) is 11.4 Å². The Hall–Kier alpha value is -2.89. The van der Waals surface area contributed by atoms with Crippen LogP contribution in [0.4, 0.5) is 4.39 Å². The van der Waals surface area contributed by atoms with Gasteiger partial charge in [0.25, 0.3) is 6.48 Å². The number of fused-ring (bicyclic) bond motifs is 1. The number of rotatable bonds is 7. The van der Waals surface area contributed by atoms with Crippen molar-refractivity contribution in [2.24, 2.45) is 7.05 Å². The van der Waals surface area contributed by atoms with Gasteiger partial charge in [0.05, 0.1) is 55.8 Å². The topological polar surface area (TPSA) is 95.3 Å². The fraction of sp³-hybridized carbons (Fsp3) is 0.400. The molecule has 4 rings (SSSR count). The van der Waals surface area contributed by atoms with E-state index in [2.05, 4.69) is 39.8 Å². The van der Waals surface area contributed by atoms with E-state index < -0.39 is 20.7 Å². The molecule has 3 unspecified atom stereocenters. The molecule has 0 aromatic carbocycles. The second-order valence-electron chi connectivity index (χ2n) is 8.64. The summed E-state index contributed by atoms with van der Waals surface area (Å²) in [5, 5.41) is 19.8. The van der Waals surface area contributed by atoms with Crippen LogP contribution in [0.25, 0.3) is 16.9 Å². The van der Waals surface area contributed by atoms with Gasteiger partial charge in [0.1, 0.15) is 6.10 Å². The molecular weight excluding hydrogens is 417 g/mol. The van der Waals surface area contributed by atoms with Gasteiger partial charge < -0.3 is 9.84 Å². The van der Waals surface area contributed by atoms with Gasteiger partial charge in [0.15, 0.2) is 5.65 Å². The largest absolute Gasteiger partial charge is 0.380 e. The number of aromatic nitrogens is 7. The summed E-state index contributed by atoms with van der Waals surface area (Å²) in [5.74, 6) is 0. The molecule has 0 saturated carbocycles. The zero-order valence-electron chi connectivity index (χ0n) is 18.1. The van der Waals surface area contributed by atoms with Crippen molar-refractivity contribution in [3.63, 3.8) is 0 Å². The summed E-state index contributed by atoms with van der Waals surface area (Å²) in [6, 6.07) is 3.64. The lowest BCUT2D eigenvalue weighted by atomic mass is 10.2. The zero-order chi connectivity index (χ0) is 22.3. The van der Waals surface area contributed by atoms with Gasteiger partial charge in [-0.15, -0.1) is 0 Å². The Labute approximate surface area is 180 Å². The average Bonchev–Trinajstić information content (AvgIpc) is 3.45. The highest BCUT2D eigenvalue weighted by atomic mass is 28.3. The lowest BCUT2D eigenvalue weighted by molar-refractivity contribution is -0.109. The number of aliphatic hydroxyl groups is 1. The Morgan fingerprint density at radius 2 is 1.90 bits per heavy atom. The van der Waals surface area contributed by atoms with Gasteiger partial charge in [-0.3, -0.25) is 9.25 Å². The van der Waals surface area contributed by atoms with Gasteiger partial charge in [-0.2, -0.15) is 14.6 Å². The van der Waals surface area contributed by atoms with Crippen LogP contribution in [0.2, 0.25) is 19.6 Å². The Morgan fingerprint density at radius 3 is 2.58 bits per heavy atom. The SMILES string of the molecule is CC(OC(F)n1cncc1C(O)c1cnc2ccc(-c3cnn(C)c3)nn12)[Si](C)(C)C. The molecule has 0 aliphatic carbocycles. The molecule has 0 spiro atoms. The van der Waals surface area contributed by atoms with Crippen molar-refractivity contribution in [3.8, 4) is 11.3 Å². The van der Waals surface area contributed by atoms with Crippen molar-refractivity contribution >= 4 is 13.7 Å². The molecule has 11 heteroatoms. The van der Waals surface area contributed by atoms with Crippen LogP contribution < -0.4 is 0 Å². The Kier molecular flexibility index (Phi) is 5.50. The summed E-state index contributed by atoms with van der Waals surface area (Å²) in [6.45, 7) is 6.45. The number of imidazole rings is 2. The molecule has 3 atom stereocenters. The van der Waals surface area contributed by atoms with E-state index in [0.717, 1.165) is 5.56 Å². The molecule has 0 bridgehead atoms. The van der Waals surface area contributed by atoms with Crippen molar-refractivity contribution in [2.45, 2.75) is 44.9 Å². The minimum Gasteiger partial charge on any atom is -0.380 e. The standard InChI is InChI=1S/C20H26FN7O2Si/c1-13(31(3,4)5)30-20(21)27-12-22-9-16(27)19(29)17-10-23-18-7-6-15(25-28(17)18)14-8-24-26(2)11-14/h6-13,19-20,29H,1-5H3. The Balaban J connectivity index is 1.66. The summed E-state index contributed by atoms with van der Waals surface area (Å²) >= 11 is 0. The van der Waals surface area contributed by atoms with E-state index in [4.69, 9.17) is 4.74 Å². The van der Waals surface area contributed by atoms with Gasteiger partial charge in [0.2, 0.25) is 0 Å². The average molecular weight is 444 g/mol. The number of alkyl halides is 1. The molecule has 164 valence electrons. The second-order valence-corrected chi connectivity index (χ2v) is 14.2. The van der Waals surface area contributed by atoms with Crippen LogP contribution >= 0.6 is 0 Å². The normalized spacial score (nSPS) is 15.3. The number of aliphatic hydroxyl groups excluding tert-OH is 1. The second kappa shape index (κ2) is 7.98. The van der Waals surface area contributed by atoms with Crippen LogP contribution in [-0.2, 0) is 11.8 Å². The minimum atomic E-state index is -1.76. The van der Waals surface area contributed by atoms with Gasteiger partial charge in [-0.1, -0.05) is 19.6 Å². The first kappa shape index (κ1) is 21.3. The molecule has 4 aromatic heterocycles. The van der Waals surface area contributed by atoms with Crippen molar-refractivity contribution < 1.29 is 14.2 Å². The summed E-state index contributed by atoms with van der Waals surface area (Å²) in [7, 11) is 0.131. The number of nitrogens with zero attached hydrogens (tertiary/aromatic N) is 7. The van der Waals surface area contributed by atoms with Crippen LogP contribution in [0.3, 0.4) is 0 Å². The van der Waals surface area contributed by atoms with Crippen LogP contribution in [-0.4, -0.2) is 52.8 Å². The molecule has 0 saturated heterocycles. The Bertz CT molecular complexity index is 1200. The summed E-state index contributed by atoms with van der Waals surface area (Å²) in [6.07, 6.45) is 6.62. The third-order valence-corrected chi connectivity index (χ3v) is 7.98. The Morgan fingerprint density at radius 1 is 1.13 bits per heavy atom. The van der Waals surface area contributed by atoms with Crippen molar-refractivity contribution in [3.05, 3.63) is 54.6 Å². The maximum absolute atomic E-state index is 15.0. The molecule has 1 N–H and O–H groups in total. The first-order valence-electron chi connectivity index (χ1n) is 9.98. The number of halogens is 1. The van der Waals surface area contributed by atoms with E-state index in [1.165, 1.54) is 23.3 Å². The van der Waals surface area contributed by atoms with Crippen molar-refractivity contribution in [1.82, 2.24) is 33.9 Å². The fourth-order valence-electron chi connectivity index (χ4n) is 3.07. The van der Waals surface area contributed by atoms with Crippen LogP contribution in [0.15, 0.2) is 43.2 Å². The number of ether oxygens (including phenoxy) is 1. The molecule has 0 fully saturated rings. The van der Waals surface area contributed by atoms with Crippen molar-refractivity contribution in [2.75, 3.05) is 0 Å². The smallest absolute Gasteiger partial charge is 0.283 e. The van der Waals surface area contributed by atoms with Crippen LogP contribution in [0, 0.1) is 0 Å². The number of aryl methyl sites for hydroxylation is 1. The lowest BCUT2D eigenvalue weighted by Crippen LogP contribution is -2.39. The summed E-state index contributed by atoms with van der Waals surface area (Å²) < 4.78 is 25.0. The highest BCUT2D eigenvalue weighted by molar-refractivity contribution is 6.77. The predicted octanol–water partition coefficient (Wildman–Crippen LogP) is 3.12. The molecule has 0 aliphatic rings. The molecule has 0 aliphatic heterocycles. The number of hydrogen-bond donors (Lipinski definition) is 1. The highest BCUT2D eigenvalue weighted by Gasteiger charge is 2.29. The molecule has 0 amide bonds. The van der Waals surface area contributed by atoms with Gasteiger partial charge in [0, 0.05) is 18.8 Å². The predicted molar refractivity (Wildman–Crippen MR) is 116 cm³/mol. The molecule has 9 nitrogen and oxygen atoms in total. The van der Waals surface area contributed by atoms with E-state index in [0.29, 0.717) is 17.0 Å². The molecule has 4 heterocycles. The van der Waals surface area contributed by atoms with E-state index >= 15 is 0 Å². The lowest BCUT2D eigenvalue weighted by Gasteiger charge is -2.28. The maximum Gasteiger partial charge on any atom is 0.283 e. The highest BCUT2D eigenvalue weighted by Crippen LogP contribution is 2.28. The van der Waals surface area contributed by atoms with Gasteiger partial charge in [-0.25, -0.2) is 14.5 Å². The molecule has 4 aromatic rings.